The van der Waals surface area contributed by atoms with Gasteiger partial charge < -0.3 is 20.7 Å². The smallest absolute Gasteiger partial charge is 0.387 e. The Hall–Kier alpha value is -2.18. The van der Waals surface area contributed by atoms with E-state index in [0.29, 0.717) is 6.42 Å². The van der Waals surface area contributed by atoms with Gasteiger partial charge in [0.1, 0.15) is 24.1 Å². The number of nitrogen functional groups attached to an aromatic ring is 1. The number of nitrogens with two attached hydrogens (primary N) is 1. The highest BCUT2D eigenvalue weighted by atomic mass is 31.2. The highest BCUT2D eigenvalue weighted by Gasteiger charge is 2.46. The molecule has 0 aromatic carbocycles. The Labute approximate surface area is 170 Å². The SMILES string of the molecule is Nc1ccn([C@@H]2O[C@H](CO[P@]3(=O)OCC[C@@H](c4ccncc4)O3)[C@@H](O)[C@@H]2O)c(=O)n1. The van der Waals surface area contributed by atoms with Gasteiger partial charge in [0.2, 0.25) is 0 Å². The van der Waals surface area contributed by atoms with E-state index < -0.39 is 50.8 Å². The van der Waals surface area contributed by atoms with Crippen LogP contribution in [0.4, 0.5) is 5.82 Å². The molecule has 0 bridgehead atoms. The molecule has 4 heterocycles. The van der Waals surface area contributed by atoms with E-state index in [1.54, 1.807) is 24.5 Å². The summed E-state index contributed by atoms with van der Waals surface area (Å²) < 4.78 is 35.5. The van der Waals surface area contributed by atoms with Crippen molar-refractivity contribution in [3.05, 3.63) is 52.8 Å². The molecule has 2 fully saturated rings. The molecule has 2 saturated heterocycles. The second-order valence-corrected chi connectivity index (χ2v) is 8.45. The summed E-state index contributed by atoms with van der Waals surface area (Å²) in [4.78, 5) is 19.5. The third-order valence-corrected chi connectivity index (χ3v) is 6.30. The van der Waals surface area contributed by atoms with Crippen LogP contribution < -0.4 is 11.4 Å². The number of hydrogen-bond acceptors (Lipinski definition) is 11. The van der Waals surface area contributed by atoms with Crippen LogP contribution in [0.15, 0.2) is 41.6 Å². The van der Waals surface area contributed by atoms with Crippen molar-refractivity contribution in [2.45, 2.75) is 37.1 Å². The van der Waals surface area contributed by atoms with Crippen LogP contribution in [-0.4, -0.2) is 56.3 Å². The summed E-state index contributed by atoms with van der Waals surface area (Å²) in [6.45, 7) is -0.248. The van der Waals surface area contributed by atoms with Gasteiger partial charge in [0, 0.05) is 25.0 Å². The molecule has 162 valence electrons. The number of phosphoric ester groups is 1. The van der Waals surface area contributed by atoms with Crippen LogP contribution in [0.1, 0.15) is 24.3 Å². The number of phosphoric acid groups is 1. The number of anilines is 1. The molecular formula is C17H21N4O8P. The van der Waals surface area contributed by atoms with Gasteiger partial charge in [-0.2, -0.15) is 4.98 Å². The van der Waals surface area contributed by atoms with Crippen molar-refractivity contribution in [2.24, 2.45) is 0 Å². The molecule has 30 heavy (non-hydrogen) atoms. The van der Waals surface area contributed by atoms with E-state index >= 15 is 0 Å². The van der Waals surface area contributed by atoms with E-state index in [1.165, 1.54) is 12.3 Å². The predicted molar refractivity (Wildman–Crippen MR) is 101 cm³/mol. The Bertz CT molecular complexity index is 989. The van der Waals surface area contributed by atoms with Crippen molar-refractivity contribution in [2.75, 3.05) is 18.9 Å². The lowest BCUT2D eigenvalue weighted by molar-refractivity contribution is -0.0609. The molecule has 0 spiro atoms. The van der Waals surface area contributed by atoms with Crippen molar-refractivity contribution >= 4 is 13.6 Å². The van der Waals surface area contributed by atoms with Crippen LogP contribution >= 0.6 is 7.82 Å². The maximum Gasteiger partial charge on any atom is 0.475 e. The molecule has 2 aromatic heterocycles. The first kappa shape index (κ1) is 21.1. The summed E-state index contributed by atoms with van der Waals surface area (Å²) in [6.07, 6.45) is -0.693. The fraction of sp³-hybridized carbons (Fsp3) is 0.471. The highest BCUT2D eigenvalue weighted by molar-refractivity contribution is 7.48. The second kappa shape index (κ2) is 8.52. The first-order valence-electron chi connectivity index (χ1n) is 9.20. The highest BCUT2D eigenvalue weighted by Crippen LogP contribution is 2.57. The molecule has 13 heteroatoms. The van der Waals surface area contributed by atoms with Crippen molar-refractivity contribution in [1.82, 2.24) is 14.5 Å². The zero-order valence-corrected chi connectivity index (χ0v) is 16.6. The van der Waals surface area contributed by atoms with Gasteiger partial charge in [-0.05, 0) is 23.8 Å². The van der Waals surface area contributed by atoms with Gasteiger partial charge in [-0.25, -0.2) is 9.36 Å². The summed E-state index contributed by atoms with van der Waals surface area (Å²) in [5, 5.41) is 20.6. The first-order chi connectivity index (χ1) is 14.4. The molecule has 0 saturated carbocycles. The Morgan fingerprint density at radius 1 is 1.27 bits per heavy atom. The molecular weight excluding hydrogens is 419 g/mol. The molecule has 4 rings (SSSR count). The van der Waals surface area contributed by atoms with Gasteiger partial charge in [-0.15, -0.1) is 0 Å². The van der Waals surface area contributed by atoms with Gasteiger partial charge in [0.15, 0.2) is 6.23 Å². The van der Waals surface area contributed by atoms with E-state index in [2.05, 4.69) is 9.97 Å². The summed E-state index contributed by atoms with van der Waals surface area (Å²) >= 11 is 0. The van der Waals surface area contributed by atoms with Crippen LogP contribution in [0, 0.1) is 0 Å². The van der Waals surface area contributed by atoms with Gasteiger partial charge in [0.25, 0.3) is 0 Å². The minimum Gasteiger partial charge on any atom is -0.387 e. The van der Waals surface area contributed by atoms with Crippen LogP contribution in [0.2, 0.25) is 0 Å². The third-order valence-electron chi connectivity index (χ3n) is 4.82. The fourth-order valence-electron chi connectivity index (χ4n) is 3.26. The average Bonchev–Trinajstić information content (AvgIpc) is 3.01. The molecule has 2 aliphatic heterocycles. The van der Waals surface area contributed by atoms with Crippen LogP contribution in [0.25, 0.3) is 0 Å². The zero-order valence-electron chi connectivity index (χ0n) is 15.7. The Morgan fingerprint density at radius 2 is 2.03 bits per heavy atom. The molecule has 2 aromatic rings. The number of hydrogen-bond donors (Lipinski definition) is 3. The summed E-state index contributed by atoms with van der Waals surface area (Å²) in [6, 6.07) is 4.84. The summed E-state index contributed by atoms with van der Waals surface area (Å²) in [5.74, 6) is 0.0117. The normalized spacial score (nSPS) is 34.1. The molecule has 0 radical (unpaired) electrons. The fourth-order valence-corrected chi connectivity index (χ4v) is 4.66. The third kappa shape index (κ3) is 4.30. The molecule has 2 aliphatic rings. The summed E-state index contributed by atoms with van der Waals surface area (Å²) in [5.41, 5.74) is 5.48. The van der Waals surface area contributed by atoms with Crippen molar-refractivity contribution in [1.29, 1.82) is 0 Å². The van der Waals surface area contributed by atoms with Crippen molar-refractivity contribution in [3.8, 4) is 0 Å². The monoisotopic (exact) mass is 440 g/mol. The molecule has 0 unspecified atom stereocenters. The number of ether oxygens (including phenoxy) is 1. The Kier molecular flexibility index (Phi) is 5.98. The number of aromatic nitrogens is 3. The van der Waals surface area contributed by atoms with Gasteiger partial charge in [-0.3, -0.25) is 23.1 Å². The summed E-state index contributed by atoms with van der Waals surface area (Å²) in [7, 11) is -3.93. The Morgan fingerprint density at radius 3 is 2.77 bits per heavy atom. The maximum atomic E-state index is 12.8. The van der Waals surface area contributed by atoms with Gasteiger partial charge in [0.05, 0.1) is 19.3 Å². The molecule has 12 nitrogen and oxygen atoms in total. The van der Waals surface area contributed by atoms with Gasteiger partial charge >= 0.3 is 13.5 Å². The van der Waals surface area contributed by atoms with Crippen molar-refractivity contribution < 1.29 is 33.1 Å². The zero-order chi connectivity index (χ0) is 21.3. The number of aliphatic hydroxyl groups excluding tert-OH is 2. The molecule has 0 aliphatic carbocycles. The average molecular weight is 440 g/mol. The minimum atomic E-state index is -3.93. The molecule has 0 amide bonds. The minimum absolute atomic E-state index is 0.0117. The van der Waals surface area contributed by atoms with E-state index in [-0.39, 0.29) is 12.4 Å². The lowest BCUT2D eigenvalue weighted by atomic mass is 10.1. The first-order valence-corrected chi connectivity index (χ1v) is 10.7. The van der Waals surface area contributed by atoms with Crippen LogP contribution in [-0.2, 0) is 22.9 Å². The lowest BCUT2D eigenvalue weighted by Crippen LogP contribution is -2.36. The second-order valence-electron chi connectivity index (χ2n) is 6.83. The van der Waals surface area contributed by atoms with E-state index in [1.807, 2.05) is 0 Å². The standard InChI is InChI=1S/C17H21N4O8P/c18-13-3-7-21(17(24)20-13)16-15(23)14(22)12(28-16)9-27-30(25)26-8-4-11(29-30)10-1-5-19-6-2-10/h1-3,5-7,11-12,14-16,22-23H,4,8-9H2,(H2,18,20,24)/t11-,12+,14+,15-,16+,30-/m0/s1. The van der Waals surface area contributed by atoms with Crippen molar-refractivity contribution in [3.63, 3.8) is 0 Å². The number of pyridine rings is 1. The van der Waals surface area contributed by atoms with E-state index in [9.17, 15) is 19.6 Å². The molecule has 4 N–H and O–H groups in total. The number of aliphatic hydroxyl groups is 2. The van der Waals surface area contributed by atoms with E-state index in [0.717, 1.165) is 10.1 Å². The Balaban J connectivity index is 1.42. The topological polar surface area (TPSA) is 168 Å². The van der Waals surface area contributed by atoms with Crippen LogP contribution in [0.3, 0.4) is 0 Å². The maximum absolute atomic E-state index is 12.8. The molecule has 6 atom stereocenters. The number of rotatable bonds is 5. The lowest BCUT2D eigenvalue weighted by Gasteiger charge is -2.29. The van der Waals surface area contributed by atoms with Crippen LogP contribution in [0.5, 0.6) is 0 Å². The quantitative estimate of drug-likeness (QED) is 0.541. The number of nitrogens with zero attached hydrogens (tertiary/aromatic N) is 3. The van der Waals surface area contributed by atoms with E-state index in [4.69, 9.17) is 24.0 Å². The predicted octanol–water partition coefficient (Wildman–Crippen LogP) is 0.143. The largest absolute Gasteiger partial charge is 0.475 e. The van der Waals surface area contributed by atoms with Gasteiger partial charge in [-0.1, -0.05) is 0 Å².